The van der Waals surface area contributed by atoms with Crippen molar-refractivity contribution in [1.82, 2.24) is 10.3 Å². The zero-order valence-corrected chi connectivity index (χ0v) is 12.3. The van der Waals surface area contributed by atoms with Crippen LogP contribution in [0.4, 0.5) is 13.2 Å². The van der Waals surface area contributed by atoms with Gasteiger partial charge in [-0.15, -0.1) is 23.7 Å². The Morgan fingerprint density at radius 3 is 2.40 bits per heavy atom. The van der Waals surface area contributed by atoms with Crippen molar-refractivity contribution < 1.29 is 13.2 Å². The van der Waals surface area contributed by atoms with Crippen LogP contribution in [0.5, 0.6) is 0 Å². The molecule has 110 valence electrons. The summed E-state index contributed by atoms with van der Waals surface area (Å²) in [6, 6.07) is 5.19. The van der Waals surface area contributed by atoms with Gasteiger partial charge in [0.1, 0.15) is 0 Å². The highest BCUT2D eigenvalue weighted by molar-refractivity contribution is 7.07. The van der Waals surface area contributed by atoms with Crippen LogP contribution in [0, 0.1) is 0 Å². The van der Waals surface area contributed by atoms with E-state index < -0.39 is 11.7 Å². The minimum absolute atomic E-state index is 0. The van der Waals surface area contributed by atoms with Gasteiger partial charge in [-0.3, -0.25) is 0 Å². The number of alkyl halides is 3. The van der Waals surface area contributed by atoms with Crippen molar-refractivity contribution in [2.75, 3.05) is 0 Å². The Balaban J connectivity index is 0.00000200. The third-order valence-electron chi connectivity index (χ3n) is 2.81. The third kappa shape index (κ3) is 4.47. The van der Waals surface area contributed by atoms with Gasteiger partial charge in [-0.25, -0.2) is 4.98 Å². The van der Waals surface area contributed by atoms with E-state index in [0.29, 0.717) is 6.54 Å². The summed E-state index contributed by atoms with van der Waals surface area (Å²) >= 11 is 1.52. The number of benzene rings is 1. The van der Waals surface area contributed by atoms with Gasteiger partial charge in [-0.05, 0) is 24.6 Å². The molecule has 1 atom stereocenters. The molecule has 0 aliphatic heterocycles. The summed E-state index contributed by atoms with van der Waals surface area (Å²) in [4.78, 5) is 4.14. The fourth-order valence-corrected chi connectivity index (χ4v) is 2.22. The average molecular weight is 323 g/mol. The quantitative estimate of drug-likeness (QED) is 0.900. The SMILES string of the molecule is CC(NCc1cscn1)c1ccc(C(F)(F)F)cc1.Cl. The molecule has 0 aliphatic rings. The Morgan fingerprint density at radius 2 is 1.90 bits per heavy atom. The summed E-state index contributed by atoms with van der Waals surface area (Å²) in [5.74, 6) is 0. The number of nitrogens with one attached hydrogen (secondary N) is 1. The largest absolute Gasteiger partial charge is 0.416 e. The monoisotopic (exact) mass is 322 g/mol. The van der Waals surface area contributed by atoms with E-state index in [1.807, 2.05) is 12.3 Å². The molecule has 7 heteroatoms. The molecular formula is C13H14ClF3N2S. The van der Waals surface area contributed by atoms with Crippen LogP contribution >= 0.6 is 23.7 Å². The second-order valence-corrected chi connectivity index (χ2v) is 4.92. The van der Waals surface area contributed by atoms with Crippen LogP contribution in [-0.2, 0) is 12.7 Å². The van der Waals surface area contributed by atoms with Gasteiger partial charge >= 0.3 is 6.18 Å². The molecule has 0 bridgehead atoms. The van der Waals surface area contributed by atoms with Crippen LogP contribution in [0.25, 0.3) is 0 Å². The maximum Gasteiger partial charge on any atom is 0.416 e. The van der Waals surface area contributed by atoms with E-state index >= 15 is 0 Å². The van der Waals surface area contributed by atoms with E-state index in [2.05, 4.69) is 10.3 Å². The molecule has 2 nitrogen and oxygen atoms in total. The number of halogens is 4. The van der Waals surface area contributed by atoms with Crippen LogP contribution in [-0.4, -0.2) is 4.98 Å². The lowest BCUT2D eigenvalue weighted by atomic mass is 10.1. The number of nitrogens with zero attached hydrogens (tertiary/aromatic N) is 1. The molecular weight excluding hydrogens is 309 g/mol. The molecule has 1 aromatic heterocycles. The summed E-state index contributed by atoms with van der Waals surface area (Å²) < 4.78 is 37.3. The van der Waals surface area contributed by atoms with Crippen molar-refractivity contribution in [1.29, 1.82) is 0 Å². The molecule has 0 spiro atoms. The summed E-state index contributed by atoms with van der Waals surface area (Å²) in [7, 11) is 0. The molecule has 0 amide bonds. The van der Waals surface area contributed by atoms with E-state index in [0.717, 1.165) is 23.4 Å². The maximum absolute atomic E-state index is 12.4. The topological polar surface area (TPSA) is 24.9 Å². The van der Waals surface area contributed by atoms with Gasteiger partial charge < -0.3 is 5.32 Å². The first-order valence-electron chi connectivity index (χ1n) is 5.74. The van der Waals surface area contributed by atoms with Gasteiger partial charge in [0.25, 0.3) is 0 Å². The van der Waals surface area contributed by atoms with Crippen LogP contribution in [0.2, 0.25) is 0 Å². The van der Waals surface area contributed by atoms with E-state index in [-0.39, 0.29) is 18.4 Å². The fraction of sp³-hybridized carbons (Fsp3) is 0.308. The van der Waals surface area contributed by atoms with Gasteiger partial charge in [0, 0.05) is 18.0 Å². The Morgan fingerprint density at radius 1 is 1.25 bits per heavy atom. The molecule has 1 heterocycles. The molecule has 2 rings (SSSR count). The number of hydrogen-bond donors (Lipinski definition) is 1. The van der Waals surface area contributed by atoms with Gasteiger partial charge in [0.05, 0.1) is 16.8 Å². The predicted molar refractivity (Wildman–Crippen MR) is 76.1 cm³/mol. The first-order valence-corrected chi connectivity index (χ1v) is 6.68. The minimum Gasteiger partial charge on any atom is -0.305 e. The standard InChI is InChI=1S/C13H13F3N2S.ClH/c1-9(17-6-12-7-19-8-18-12)10-2-4-11(5-3-10)13(14,15)16;/h2-5,7-9,17H,6H2,1H3;1H. The fourth-order valence-electron chi connectivity index (χ4n) is 1.66. The van der Waals surface area contributed by atoms with E-state index in [1.54, 1.807) is 5.51 Å². The minimum atomic E-state index is -4.28. The zero-order valence-electron chi connectivity index (χ0n) is 10.6. The lowest BCUT2D eigenvalue weighted by molar-refractivity contribution is -0.137. The second kappa shape index (κ2) is 7.06. The Bertz CT molecular complexity index is 511. The molecule has 0 saturated carbocycles. The summed E-state index contributed by atoms with van der Waals surface area (Å²) in [5, 5.41) is 5.16. The number of rotatable bonds is 4. The summed E-state index contributed by atoms with van der Waals surface area (Å²) in [6.07, 6.45) is -4.28. The molecule has 1 unspecified atom stereocenters. The number of hydrogen-bond acceptors (Lipinski definition) is 3. The van der Waals surface area contributed by atoms with Gasteiger partial charge in [-0.2, -0.15) is 13.2 Å². The maximum atomic E-state index is 12.4. The third-order valence-corrected chi connectivity index (χ3v) is 3.45. The predicted octanol–water partition coefficient (Wildman–Crippen LogP) is 4.43. The zero-order chi connectivity index (χ0) is 13.9. The molecule has 0 fully saturated rings. The highest BCUT2D eigenvalue weighted by Gasteiger charge is 2.30. The molecule has 0 aliphatic carbocycles. The van der Waals surface area contributed by atoms with Crippen LogP contribution in [0.1, 0.15) is 29.8 Å². The van der Waals surface area contributed by atoms with Crippen molar-refractivity contribution in [2.24, 2.45) is 0 Å². The molecule has 1 aromatic carbocycles. The molecule has 1 N–H and O–H groups in total. The van der Waals surface area contributed by atoms with E-state index in [1.165, 1.54) is 23.5 Å². The highest BCUT2D eigenvalue weighted by atomic mass is 35.5. The molecule has 0 radical (unpaired) electrons. The van der Waals surface area contributed by atoms with Crippen molar-refractivity contribution in [3.8, 4) is 0 Å². The molecule has 2 aromatic rings. The highest BCUT2D eigenvalue weighted by Crippen LogP contribution is 2.29. The van der Waals surface area contributed by atoms with E-state index in [9.17, 15) is 13.2 Å². The Hall–Kier alpha value is -1.11. The van der Waals surface area contributed by atoms with Crippen molar-refractivity contribution in [2.45, 2.75) is 25.7 Å². The normalized spacial score (nSPS) is 12.8. The van der Waals surface area contributed by atoms with Gasteiger partial charge in [0.2, 0.25) is 0 Å². The van der Waals surface area contributed by atoms with Gasteiger partial charge in [0.15, 0.2) is 0 Å². The Kier molecular flexibility index (Phi) is 5.98. The first kappa shape index (κ1) is 16.9. The smallest absolute Gasteiger partial charge is 0.305 e. The van der Waals surface area contributed by atoms with E-state index in [4.69, 9.17) is 0 Å². The summed E-state index contributed by atoms with van der Waals surface area (Å²) in [5.41, 5.74) is 2.88. The Labute approximate surface area is 125 Å². The lowest BCUT2D eigenvalue weighted by Gasteiger charge is -2.14. The second-order valence-electron chi connectivity index (χ2n) is 4.20. The van der Waals surface area contributed by atoms with Crippen molar-refractivity contribution in [3.05, 3.63) is 52.0 Å². The van der Waals surface area contributed by atoms with Crippen LogP contribution < -0.4 is 5.32 Å². The number of thiazole rings is 1. The average Bonchev–Trinajstić information content (AvgIpc) is 2.88. The summed E-state index contributed by atoms with van der Waals surface area (Å²) in [6.45, 7) is 2.51. The van der Waals surface area contributed by atoms with Crippen molar-refractivity contribution in [3.63, 3.8) is 0 Å². The van der Waals surface area contributed by atoms with Crippen molar-refractivity contribution >= 4 is 23.7 Å². The van der Waals surface area contributed by atoms with Crippen LogP contribution in [0.3, 0.4) is 0 Å². The molecule has 20 heavy (non-hydrogen) atoms. The lowest BCUT2D eigenvalue weighted by Crippen LogP contribution is -2.18. The molecule has 0 saturated heterocycles. The van der Waals surface area contributed by atoms with Gasteiger partial charge in [-0.1, -0.05) is 12.1 Å². The van der Waals surface area contributed by atoms with Crippen LogP contribution in [0.15, 0.2) is 35.2 Å². The first-order chi connectivity index (χ1) is 8.97. The number of aromatic nitrogens is 1.